The summed E-state index contributed by atoms with van der Waals surface area (Å²) >= 11 is 0. The first-order chi connectivity index (χ1) is 27.6. The summed E-state index contributed by atoms with van der Waals surface area (Å²) in [5, 5.41) is 2.53. The molecule has 0 saturated heterocycles. The highest BCUT2D eigenvalue weighted by atomic mass is 15.1. The molecule has 9 rings (SSSR count). The second kappa shape index (κ2) is 15.3. The van der Waals surface area contributed by atoms with Crippen molar-refractivity contribution in [3.63, 3.8) is 0 Å². The van der Waals surface area contributed by atoms with Gasteiger partial charge >= 0.3 is 0 Å². The van der Waals surface area contributed by atoms with Crippen molar-refractivity contribution < 1.29 is 0 Å². The van der Waals surface area contributed by atoms with Crippen molar-refractivity contribution >= 4 is 63.2 Å². The van der Waals surface area contributed by atoms with Gasteiger partial charge in [0.25, 0.3) is 0 Å². The molecule has 0 radical (unpaired) electrons. The normalized spacial score (nSPS) is 11.6. The number of rotatable bonds is 9. The first kappa shape index (κ1) is 34.6. The zero-order valence-electron chi connectivity index (χ0n) is 31.7. The Morgan fingerprint density at radius 1 is 0.357 bits per heavy atom. The molecule has 0 saturated carbocycles. The van der Waals surface area contributed by atoms with Crippen molar-refractivity contribution in [3.8, 4) is 16.8 Å². The van der Waals surface area contributed by atoms with Gasteiger partial charge in [-0.15, -0.1) is 0 Å². The molecule has 8 aromatic carbocycles. The lowest BCUT2D eigenvalue weighted by molar-refractivity contribution is 1.18. The molecule has 2 nitrogen and oxygen atoms in total. The van der Waals surface area contributed by atoms with Crippen molar-refractivity contribution in [2.24, 2.45) is 0 Å². The highest BCUT2D eigenvalue weighted by molar-refractivity contribution is 6.10. The number of fused-ring (bicyclic) bond motifs is 3. The first-order valence-electron chi connectivity index (χ1n) is 19.2. The van der Waals surface area contributed by atoms with E-state index in [1.165, 1.54) is 66.4 Å². The number of hydrogen-bond donors (Lipinski definition) is 0. The van der Waals surface area contributed by atoms with Crippen LogP contribution in [0.4, 0.5) is 17.1 Å². The lowest BCUT2D eigenvalue weighted by Gasteiger charge is -2.25. The Labute approximate surface area is 329 Å². The van der Waals surface area contributed by atoms with E-state index in [-0.39, 0.29) is 0 Å². The zero-order valence-corrected chi connectivity index (χ0v) is 31.7. The SMILES string of the molecule is Cc1ccc(N(c2ccc(C)cc2)c2ccc(C=Cc3ccc(-c4ccc(/C=C/c5ccc6c(c5)c5ccccc5n6-c5ccccc5)cc4)cc3)cc2)cc1. The molecule has 0 amide bonds. The number of para-hydroxylation sites is 2. The van der Waals surface area contributed by atoms with E-state index >= 15 is 0 Å². The quantitative estimate of drug-likeness (QED) is 0.135. The number of hydrogen-bond acceptors (Lipinski definition) is 1. The lowest BCUT2D eigenvalue weighted by atomic mass is 10.0. The van der Waals surface area contributed by atoms with Crippen molar-refractivity contribution in [2.45, 2.75) is 13.8 Å². The van der Waals surface area contributed by atoms with Crippen LogP contribution in [0, 0.1) is 13.8 Å². The molecule has 0 atom stereocenters. The summed E-state index contributed by atoms with van der Waals surface area (Å²) < 4.78 is 2.35. The Kier molecular flexibility index (Phi) is 9.45. The monoisotopic (exact) mass is 718 g/mol. The number of aryl methyl sites for hydroxylation is 2. The summed E-state index contributed by atoms with van der Waals surface area (Å²) in [7, 11) is 0. The van der Waals surface area contributed by atoms with E-state index in [9.17, 15) is 0 Å². The van der Waals surface area contributed by atoms with Crippen LogP contribution in [-0.2, 0) is 0 Å². The van der Waals surface area contributed by atoms with Crippen LogP contribution in [0.3, 0.4) is 0 Å². The van der Waals surface area contributed by atoms with Crippen molar-refractivity contribution in [2.75, 3.05) is 4.90 Å². The fraction of sp³-hybridized carbons (Fsp3) is 0.0370. The van der Waals surface area contributed by atoms with E-state index in [0.29, 0.717) is 0 Å². The molecule has 0 unspecified atom stereocenters. The fourth-order valence-electron chi connectivity index (χ4n) is 7.48. The van der Waals surface area contributed by atoms with Crippen molar-refractivity contribution in [1.82, 2.24) is 4.57 Å². The molecule has 0 aliphatic rings. The molecular formula is C54H42N2. The third-order valence-corrected chi connectivity index (χ3v) is 10.5. The predicted molar refractivity (Wildman–Crippen MR) is 241 cm³/mol. The Balaban J connectivity index is 0.877. The Morgan fingerprint density at radius 3 is 1.30 bits per heavy atom. The summed E-state index contributed by atoms with van der Waals surface area (Å²) in [6.45, 7) is 4.25. The Morgan fingerprint density at radius 2 is 0.768 bits per heavy atom. The summed E-state index contributed by atoms with van der Waals surface area (Å²) in [5.74, 6) is 0. The molecule has 1 aromatic heterocycles. The fourth-order valence-corrected chi connectivity index (χ4v) is 7.48. The smallest absolute Gasteiger partial charge is 0.0541 e. The third-order valence-electron chi connectivity index (χ3n) is 10.5. The third kappa shape index (κ3) is 7.21. The molecule has 0 aliphatic carbocycles. The highest BCUT2D eigenvalue weighted by Crippen LogP contribution is 2.36. The van der Waals surface area contributed by atoms with E-state index in [1.807, 2.05) is 0 Å². The maximum Gasteiger partial charge on any atom is 0.0541 e. The topological polar surface area (TPSA) is 8.17 Å². The van der Waals surface area contributed by atoms with Gasteiger partial charge in [0.1, 0.15) is 0 Å². The molecular weight excluding hydrogens is 677 g/mol. The molecule has 0 aliphatic heterocycles. The average molecular weight is 719 g/mol. The van der Waals surface area contributed by atoms with E-state index < -0.39 is 0 Å². The minimum atomic E-state index is 1.13. The largest absolute Gasteiger partial charge is 0.311 e. The minimum Gasteiger partial charge on any atom is -0.311 e. The molecule has 9 aromatic rings. The van der Waals surface area contributed by atoms with Crippen LogP contribution < -0.4 is 4.90 Å². The molecule has 0 spiro atoms. The van der Waals surface area contributed by atoms with Gasteiger partial charge in [0.2, 0.25) is 0 Å². The van der Waals surface area contributed by atoms with Gasteiger partial charge in [-0.3, -0.25) is 0 Å². The van der Waals surface area contributed by atoms with Crippen molar-refractivity contribution in [1.29, 1.82) is 0 Å². The Bertz CT molecular complexity index is 2760. The second-order valence-corrected chi connectivity index (χ2v) is 14.5. The van der Waals surface area contributed by atoms with Crippen LogP contribution in [0.25, 0.3) is 62.9 Å². The van der Waals surface area contributed by atoms with Gasteiger partial charge in [0.05, 0.1) is 11.0 Å². The van der Waals surface area contributed by atoms with Crippen LogP contribution in [0.1, 0.15) is 33.4 Å². The number of benzene rings is 8. The number of nitrogens with zero attached hydrogens (tertiary/aromatic N) is 2. The number of anilines is 3. The number of aromatic nitrogens is 1. The minimum absolute atomic E-state index is 1.13. The van der Waals surface area contributed by atoms with E-state index in [1.54, 1.807) is 0 Å². The van der Waals surface area contributed by atoms with Crippen molar-refractivity contribution in [3.05, 3.63) is 228 Å². The first-order valence-corrected chi connectivity index (χ1v) is 19.2. The van der Waals surface area contributed by atoms with Gasteiger partial charge < -0.3 is 9.47 Å². The van der Waals surface area contributed by atoms with Crippen LogP contribution in [0.2, 0.25) is 0 Å². The van der Waals surface area contributed by atoms with Gasteiger partial charge in [-0.2, -0.15) is 0 Å². The summed E-state index contributed by atoms with van der Waals surface area (Å²) in [4.78, 5) is 2.31. The van der Waals surface area contributed by atoms with Gasteiger partial charge in [-0.25, -0.2) is 0 Å². The van der Waals surface area contributed by atoms with Crippen LogP contribution in [0.15, 0.2) is 194 Å². The van der Waals surface area contributed by atoms with E-state index in [4.69, 9.17) is 0 Å². The maximum atomic E-state index is 2.35. The second-order valence-electron chi connectivity index (χ2n) is 14.5. The molecule has 56 heavy (non-hydrogen) atoms. The van der Waals surface area contributed by atoms with Gasteiger partial charge in [0.15, 0.2) is 0 Å². The van der Waals surface area contributed by atoms with Gasteiger partial charge in [-0.05, 0) is 114 Å². The van der Waals surface area contributed by atoms with Gasteiger partial charge in [0, 0.05) is 33.5 Å². The van der Waals surface area contributed by atoms with Crippen LogP contribution in [-0.4, -0.2) is 4.57 Å². The van der Waals surface area contributed by atoms with E-state index in [0.717, 1.165) is 22.6 Å². The molecule has 2 heteroatoms. The van der Waals surface area contributed by atoms with Gasteiger partial charge in [-0.1, -0.05) is 163 Å². The standard InChI is InChI=1S/C54H42N2/c1-39-12-31-48(32-13-39)55(49-33-14-40(2)15-34-49)50-35-24-43(25-36-50)17-16-41-20-27-45(28-21-41)46-29-22-42(23-30-46)18-19-44-26-37-54-52(38-44)51-10-6-7-11-53(51)56(54)47-8-4-3-5-9-47/h3-38H,1-2H3/b17-16?,19-18+. The molecule has 0 fully saturated rings. The molecule has 1 heterocycles. The molecule has 0 N–H and O–H groups in total. The van der Waals surface area contributed by atoms with Crippen LogP contribution >= 0.6 is 0 Å². The molecule has 0 bridgehead atoms. The summed E-state index contributed by atoms with van der Waals surface area (Å²) in [5.41, 5.74) is 16.6. The molecule has 268 valence electrons. The summed E-state index contributed by atoms with van der Waals surface area (Å²) in [6.07, 6.45) is 8.77. The maximum absolute atomic E-state index is 2.35. The highest BCUT2D eigenvalue weighted by Gasteiger charge is 2.13. The van der Waals surface area contributed by atoms with Crippen LogP contribution in [0.5, 0.6) is 0 Å². The van der Waals surface area contributed by atoms with E-state index in [2.05, 4.69) is 242 Å². The zero-order chi connectivity index (χ0) is 37.8. The predicted octanol–water partition coefficient (Wildman–Crippen LogP) is 14.9. The Hall–Kier alpha value is -7.16. The summed E-state index contributed by atoms with van der Waals surface area (Å²) in [6, 6.07) is 69.8. The average Bonchev–Trinajstić information content (AvgIpc) is 3.58. The lowest BCUT2D eigenvalue weighted by Crippen LogP contribution is -2.09.